The summed E-state index contributed by atoms with van der Waals surface area (Å²) in [6.45, 7) is 5.05. The van der Waals surface area contributed by atoms with Crippen LogP contribution in [0.3, 0.4) is 0 Å². The highest BCUT2D eigenvalue weighted by molar-refractivity contribution is 5.79. The lowest BCUT2D eigenvalue weighted by atomic mass is 9.96. The van der Waals surface area contributed by atoms with Gasteiger partial charge in [0.25, 0.3) is 0 Å². The summed E-state index contributed by atoms with van der Waals surface area (Å²) in [5, 5.41) is 7.01. The molecule has 132 valence electrons. The zero-order valence-electron chi connectivity index (χ0n) is 14.2. The van der Waals surface area contributed by atoms with Crippen LogP contribution in [0.2, 0.25) is 0 Å². The predicted molar refractivity (Wildman–Crippen MR) is 88.7 cm³/mol. The summed E-state index contributed by atoms with van der Waals surface area (Å²) in [6, 6.07) is 1.84. The standard InChI is InChI=1S/C16H26N6O2/c1-19-9-10-21(15(23)11-19)13-20-7-3-14(4-8-20)16(24)17-12-22-6-2-5-18-22/h2,5-6,14H,3-4,7-13H2,1H3,(H,17,24). The molecule has 1 aromatic heterocycles. The third-order valence-electron chi connectivity index (χ3n) is 4.81. The first-order valence-electron chi connectivity index (χ1n) is 8.55. The van der Waals surface area contributed by atoms with Crippen LogP contribution in [-0.4, -0.2) is 82.7 Å². The molecule has 1 N–H and O–H groups in total. The number of hydrogen-bond donors (Lipinski definition) is 1. The van der Waals surface area contributed by atoms with Crippen molar-refractivity contribution >= 4 is 11.8 Å². The van der Waals surface area contributed by atoms with Gasteiger partial charge in [-0.15, -0.1) is 0 Å². The van der Waals surface area contributed by atoms with Gasteiger partial charge in [-0.2, -0.15) is 5.10 Å². The van der Waals surface area contributed by atoms with Gasteiger partial charge in [0.1, 0.15) is 6.67 Å². The van der Waals surface area contributed by atoms with E-state index in [-0.39, 0.29) is 17.7 Å². The molecule has 0 aromatic carbocycles. The molecule has 2 saturated heterocycles. The quantitative estimate of drug-likeness (QED) is 0.778. The number of hydrogen-bond acceptors (Lipinski definition) is 5. The lowest BCUT2D eigenvalue weighted by Crippen LogP contribution is -2.53. The van der Waals surface area contributed by atoms with Crippen LogP contribution in [0.5, 0.6) is 0 Å². The van der Waals surface area contributed by atoms with Gasteiger partial charge < -0.3 is 10.2 Å². The third-order valence-corrected chi connectivity index (χ3v) is 4.81. The zero-order chi connectivity index (χ0) is 16.9. The second-order valence-electron chi connectivity index (χ2n) is 6.67. The lowest BCUT2D eigenvalue weighted by molar-refractivity contribution is -0.139. The Labute approximate surface area is 142 Å². The van der Waals surface area contributed by atoms with Gasteiger partial charge >= 0.3 is 0 Å². The first-order valence-corrected chi connectivity index (χ1v) is 8.55. The maximum Gasteiger partial charge on any atom is 0.237 e. The SMILES string of the molecule is CN1CCN(CN2CCC(C(=O)NCn3cccn3)CC2)C(=O)C1. The monoisotopic (exact) mass is 334 g/mol. The van der Waals surface area contributed by atoms with E-state index >= 15 is 0 Å². The highest BCUT2D eigenvalue weighted by atomic mass is 16.2. The molecule has 0 bridgehead atoms. The number of nitrogens with one attached hydrogen (secondary N) is 1. The molecular weight excluding hydrogens is 308 g/mol. The summed E-state index contributed by atoms with van der Waals surface area (Å²) in [6.07, 6.45) is 5.21. The molecule has 3 heterocycles. The Morgan fingerprint density at radius 1 is 1.29 bits per heavy atom. The van der Waals surface area contributed by atoms with Gasteiger partial charge in [-0.3, -0.25) is 24.1 Å². The first kappa shape index (κ1) is 16.9. The molecule has 0 saturated carbocycles. The molecule has 24 heavy (non-hydrogen) atoms. The fraction of sp³-hybridized carbons (Fsp3) is 0.688. The molecule has 2 aliphatic rings. The topological polar surface area (TPSA) is 73.7 Å². The normalized spacial score (nSPS) is 21.2. The Balaban J connectivity index is 1.39. The largest absolute Gasteiger partial charge is 0.337 e. The van der Waals surface area contributed by atoms with E-state index in [1.165, 1.54) is 0 Å². The van der Waals surface area contributed by atoms with Crippen molar-refractivity contribution in [3.8, 4) is 0 Å². The smallest absolute Gasteiger partial charge is 0.237 e. The highest BCUT2D eigenvalue weighted by Crippen LogP contribution is 2.18. The minimum absolute atomic E-state index is 0.0556. The summed E-state index contributed by atoms with van der Waals surface area (Å²) in [4.78, 5) is 30.5. The Kier molecular flexibility index (Phi) is 5.47. The van der Waals surface area contributed by atoms with Gasteiger partial charge in [-0.25, -0.2) is 0 Å². The van der Waals surface area contributed by atoms with Crippen LogP contribution in [0.4, 0.5) is 0 Å². The van der Waals surface area contributed by atoms with E-state index in [1.807, 2.05) is 24.2 Å². The Hall–Kier alpha value is -1.93. The number of piperidine rings is 1. The maximum atomic E-state index is 12.2. The fourth-order valence-corrected chi connectivity index (χ4v) is 3.25. The average Bonchev–Trinajstić information content (AvgIpc) is 3.09. The molecule has 2 fully saturated rings. The average molecular weight is 334 g/mol. The van der Waals surface area contributed by atoms with Gasteiger partial charge in [-0.05, 0) is 26.0 Å². The van der Waals surface area contributed by atoms with Gasteiger partial charge in [-0.1, -0.05) is 0 Å². The first-order chi connectivity index (χ1) is 11.6. The molecule has 0 aliphatic carbocycles. The summed E-state index contributed by atoms with van der Waals surface area (Å²) in [7, 11) is 1.97. The van der Waals surface area contributed by atoms with Crippen LogP contribution in [-0.2, 0) is 16.3 Å². The number of aromatic nitrogens is 2. The van der Waals surface area contributed by atoms with Crippen LogP contribution in [0.15, 0.2) is 18.5 Å². The van der Waals surface area contributed by atoms with Gasteiger partial charge in [0, 0.05) is 44.5 Å². The fourth-order valence-electron chi connectivity index (χ4n) is 3.25. The van der Waals surface area contributed by atoms with E-state index < -0.39 is 0 Å². The number of carbonyl (C=O) groups is 2. The van der Waals surface area contributed by atoms with Crippen molar-refractivity contribution in [3.05, 3.63) is 18.5 Å². The highest BCUT2D eigenvalue weighted by Gasteiger charge is 2.28. The van der Waals surface area contributed by atoms with Crippen molar-refractivity contribution in [1.82, 2.24) is 29.8 Å². The van der Waals surface area contributed by atoms with Crippen molar-refractivity contribution in [2.45, 2.75) is 19.5 Å². The molecule has 0 atom stereocenters. The van der Waals surface area contributed by atoms with Crippen molar-refractivity contribution in [2.75, 3.05) is 46.4 Å². The number of amides is 2. The van der Waals surface area contributed by atoms with Crippen molar-refractivity contribution in [1.29, 1.82) is 0 Å². The summed E-state index contributed by atoms with van der Waals surface area (Å²) in [5.41, 5.74) is 0. The Bertz CT molecular complexity index is 553. The van der Waals surface area contributed by atoms with E-state index in [9.17, 15) is 9.59 Å². The number of likely N-dealkylation sites (N-methyl/N-ethyl adjacent to an activating group) is 1. The molecule has 2 aliphatic heterocycles. The number of likely N-dealkylation sites (tertiary alicyclic amines) is 1. The van der Waals surface area contributed by atoms with E-state index in [1.54, 1.807) is 10.9 Å². The number of piperazine rings is 1. The summed E-state index contributed by atoms with van der Waals surface area (Å²) in [5.74, 6) is 0.351. The van der Waals surface area contributed by atoms with Gasteiger partial charge in [0.15, 0.2) is 0 Å². The molecule has 0 unspecified atom stereocenters. The lowest BCUT2D eigenvalue weighted by Gasteiger charge is -2.38. The minimum Gasteiger partial charge on any atom is -0.337 e. The molecule has 8 heteroatoms. The molecule has 0 spiro atoms. The summed E-state index contributed by atoms with van der Waals surface area (Å²) < 4.78 is 1.70. The van der Waals surface area contributed by atoms with Gasteiger partial charge in [0.2, 0.25) is 11.8 Å². The second-order valence-corrected chi connectivity index (χ2v) is 6.67. The van der Waals surface area contributed by atoms with Crippen LogP contribution < -0.4 is 5.32 Å². The molecule has 1 aromatic rings. The van der Waals surface area contributed by atoms with Crippen LogP contribution in [0.25, 0.3) is 0 Å². The maximum absolute atomic E-state index is 12.2. The van der Waals surface area contributed by atoms with Crippen LogP contribution in [0.1, 0.15) is 12.8 Å². The Morgan fingerprint density at radius 2 is 2.08 bits per heavy atom. The van der Waals surface area contributed by atoms with E-state index in [2.05, 4.69) is 20.2 Å². The third kappa shape index (κ3) is 4.33. The molecule has 8 nitrogen and oxygen atoms in total. The second kappa shape index (κ2) is 7.76. The molecule has 0 radical (unpaired) electrons. The minimum atomic E-state index is 0.0556. The molecule has 2 amide bonds. The van der Waals surface area contributed by atoms with Crippen molar-refractivity contribution in [3.63, 3.8) is 0 Å². The zero-order valence-corrected chi connectivity index (χ0v) is 14.2. The predicted octanol–water partition coefficient (Wildman–Crippen LogP) is -0.600. The van der Waals surface area contributed by atoms with E-state index in [4.69, 9.17) is 0 Å². The van der Waals surface area contributed by atoms with Crippen molar-refractivity contribution < 1.29 is 9.59 Å². The van der Waals surface area contributed by atoms with E-state index in [0.717, 1.165) is 39.0 Å². The van der Waals surface area contributed by atoms with Gasteiger partial charge in [0.05, 0.1) is 13.2 Å². The van der Waals surface area contributed by atoms with Crippen LogP contribution in [0, 0.1) is 5.92 Å². The number of rotatable bonds is 5. The molecule has 3 rings (SSSR count). The van der Waals surface area contributed by atoms with Crippen LogP contribution >= 0.6 is 0 Å². The number of nitrogens with zero attached hydrogens (tertiary/aromatic N) is 5. The van der Waals surface area contributed by atoms with Crippen molar-refractivity contribution in [2.24, 2.45) is 5.92 Å². The van der Waals surface area contributed by atoms with E-state index in [0.29, 0.717) is 19.9 Å². The Morgan fingerprint density at radius 3 is 2.75 bits per heavy atom. The summed E-state index contributed by atoms with van der Waals surface area (Å²) >= 11 is 0. The molecular formula is C16H26N6O2. The number of carbonyl (C=O) groups excluding carboxylic acids is 2.